The lowest BCUT2D eigenvalue weighted by Crippen LogP contribution is -2.24. The maximum Gasteiger partial charge on any atom is 0.257 e. The van der Waals surface area contributed by atoms with Gasteiger partial charge in [0.1, 0.15) is 18.0 Å². The summed E-state index contributed by atoms with van der Waals surface area (Å²) in [6.07, 6.45) is 4.76. The predicted molar refractivity (Wildman–Crippen MR) is 106 cm³/mol. The summed E-state index contributed by atoms with van der Waals surface area (Å²) in [6.45, 7) is 4.55. The van der Waals surface area contributed by atoms with Gasteiger partial charge in [-0.15, -0.1) is 0 Å². The van der Waals surface area contributed by atoms with Crippen LogP contribution in [0.3, 0.4) is 0 Å². The van der Waals surface area contributed by atoms with Crippen LogP contribution in [0.15, 0.2) is 53.3 Å². The zero-order valence-corrected chi connectivity index (χ0v) is 16.2. The van der Waals surface area contributed by atoms with Gasteiger partial charge in [-0.25, -0.2) is 4.98 Å². The Hall–Kier alpha value is -3.19. The van der Waals surface area contributed by atoms with Crippen LogP contribution in [0, 0.1) is 6.92 Å². The van der Waals surface area contributed by atoms with Crippen molar-refractivity contribution in [2.75, 3.05) is 7.05 Å². The van der Waals surface area contributed by atoms with Crippen molar-refractivity contribution in [1.82, 2.24) is 24.8 Å². The van der Waals surface area contributed by atoms with Gasteiger partial charge in [0.25, 0.3) is 5.89 Å². The summed E-state index contributed by atoms with van der Waals surface area (Å²) >= 11 is 0. The smallest absolute Gasteiger partial charge is 0.257 e. The maximum absolute atomic E-state index is 5.86. The van der Waals surface area contributed by atoms with Crippen molar-refractivity contribution in [3.63, 3.8) is 0 Å². The number of nitrogens with zero attached hydrogens (tertiary/aromatic N) is 4. The second-order valence-corrected chi connectivity index (χ2v) is 6.93. The number of nitrogens with one attached hydrogen (secondary N) is 1. The lowest BCUT2D eigenvalue weighted by atomic mass is 10.2. The van der Waals surface area contributed by atoms with Crippen LogP contribution in [0.4, 0.5) is 0 Å². The number of likely N-dealkylation sites (N-methyl/N-ethyl adjacent to an activating group) is 1. The highest BCUT2D eigenvalue weighted by atomic mass is 16.5. The van der Waals surface area contributed by atoms with Gasteiger partial charge in [0.2, 0.25) is 0 Å². The third-order valence-electron chi connectivity index (χ3n) is 4.59. The molecule has 0 fully saturated rings. The van der Waals surface area contributed by atoms with E-state index in [9.17, 15) is 0 Å². The number of pyridine rings is 1. The van der Waals surface area contributed by atoms with Crippen LogP contribution in [0.25, 0.3) is 17.1 Å². The van der Waals surface area contributed by atoms with Crippen LogP contribution in [-0.2, 0) is 13.0 Å². The lowest BCUT2D eigenvalue weighted by molar-refractivity contribution is 0.302. The second kappa shape index (κ2) is 7.82. The molecule has 1 aromatic carbocycles. The minimum Gasteiger partial charge on any atom is -0.487 e. The molecule has 0 spiro atoms. The summed E-state index contributed by atoms with van der Waals surface area (Å²) in [5.74, 6) is 1.97. The van der Waals surface area contributed by atoms with E-state index in [1.807, 2.05) is 54.0 Å². The van der Waals surface area contributed by atoms with Crippen molar-refractivity contribution < 1.29 is 9.26 Å². The number of aromatic nitrogens is 4. The third kappa shape index (κ3) is 4.04. The highest BCUT2D eigenvalue weighted by Crippen LogP contribution is 2.22. The predicted octanol–water partition coefficient (Wildman–Crippen LogP) is 3.42. The molecule has 1 atom stereocenters. The van der Waals surface area contributed by atoms with Crippen LogP contribution >= 0.6 is 0 Å². The molecule has 3 heterocycles. The van der Waals surface area contributed by atoms with Crippen molar-refractivity contribution in [3.05, 3.63) is 65.9 Å². The molecule has 0 aliphatic carbocycles. The molecule has 0 aliphatic heterocycles. The zero-order valence-electron chi connectivity index (χ0n) is 16.2. The topological polar surface area (TPSA) is 77.5 Å². The van der Waals surface area contributed by atoms with E-state index in [-0.39, 0.29) is 0 Å². The molecule has 144 valence electrons. The number of imidazole rings is 1. The molecule has 0 bridgehead atoms. The number of hydrogen-bond donors (Lipinski definition) is 1. The van der Waals surface area contributed by atoms with Crippen molar-refractivity contribution in [3.8, 4) is 17.2 Å². The largest absolute Gasteiger partial charge is 0.487 e. The Balaban J connectivity index is 1.40. The van der Waals surface area contributed by atoms with Gasteiger partial charge in [-0.2, -0.15) is 4.98 Å². The molecule has 0 saturated carbocycles. The first kappa shape index (κ1) is 18.2. The summed E-state index contributed by atoms with van der Waals surface area (Å²) in [5.41, 5.74) is 3.86. The van der Waals surface area contributed by atoms with E-state index in [1.165, 1.54) is 5.56 Å². The molecule has 28 heavy (non-hydrogen) atoms. The molecule has 1 N–H and O–H groups in total. The zero-order chi connectivity index (χ0) is 19.5. The van der Waals surface area contributed by atoms with Crippen molar-refractivity contribution >= 4 is 5.65 Å². The van der Waals surface area contributed by atoms with Crippen LogP contribution in [0.1, 0.15) is 24.0 Å². The molecular formula is C21H23N5O2. The fraction of sp³-hybridized carbons (Fsp3) is 0.286. The number of hydrogen-bond acceptors (Lipinski definition) is 6. The number of fused-ring (bicyclic) bond motifs is 1. The summed E-state index contributed by atoms with van der Waals surface area (Å²) in [5, 5.41) is 7.20. The normalized spacial score (nSPS) is 12.4. The summed E-state index contributed by atoms with van der Waals surface area (Å²) in [4.78, 5) is 9.02. The van der Waals surface area contributed by atoms with Crippen LogP contribution in [-0.4, -0.2) is 32.6 Å². The SMILES string of the molecule is CNC(C)Cc1noc(-c2ccc(OCc3cn4cc(C)ccc4n3)cc2)n1. The van der Waals surface area contributed by atoms with E-state index < -0.39 is 0 Å². The Morgan fingerprint density at radius 2 is 1.93 bits per heavy atom. The van der Waals surface area contributed by atoms with Crippen molar-refractivity contribution in [2.24, 2.45) is 0 Å². The first-order valence-electron chi connectivity index (χ1n) is 9.28. The monoisotopic (exact) mass is 377 g/mol. The number of aryl methyl sites for hydroxylation is 1. The average Bonchev–Trinajstić information content (AvgIpc) is 3.33. The van der Waals surface area contributed by atoms with E-state index in [4.69, 9.17) is 9.26 Å². The van der Waals surface area contributed by atoms with Gasteiger partial charge in [-0.1, -0.05) is 11.2 Å². The molecule has 0 radical (unpaired) electrons. The molecular weight excluding hydrogens is 354 g/mol. The summed E-state index contributed by atoms with van der Waals surface area (Å²) in [6, 6.07) is 12.0. The minimum absolute atomic E-state index is 0.296. The third-order valence-corrected chi connectivity index (χ3v) is 4.59. The molecule has 4 rings (SSSR count). The Morgan fingerprint density at radius 3 is 2.71 bits per heavy atom. The van der Waals surface area contributed by atoms with Gasteiger partial charge in [-0.3, -0.25) is 0 Å². The van der Waals surface area contributed by atoms with E-state index in [0.29, 0.717) is 24.4 Å². The van der Waals surface area contributed by atoms with Gasteiger partial charge >= 0.3 is 0 Å². The average molecular weight is 377 g/mol. The van der Waals surface area contributed by atoms with Crippen LogP contribution < -0.4 is 10.1 Å². The van der Waals surface area contributed by atoms with E-state index in [1.54, 1.807) is 0 Å². The molecule has 7 nitrogen and oxygen atoms in total. The van der Waals surface area contributed by atoms with Gasteiger partial charge in [0.15, 0.2) is 5.82 Å². The molecule has 1 unspecified atom stereocenters. The van der Waals surface area contributed by atoms with Gasteiger partial charge < -0.3 is 19.0 Å². The van der Waals surface area contributed by atoms with Crippen LogP contribution in [0.2, 0.25) is 0 Å². The first-order valence-corrected chi connectivity index (χ1v) is 9.28. The second-order valence-electron chi connectivity index (χ2n) is 6.93. The van der Waals surface area contributed by atoms with E-state index in [0.717, 1.165) is 29.1 Å². The molecule has 0 amide bonds. The Morgan fingerprint density at radius 1 is 1.11 bits per heavy atom. The van der Waals surface area contributed by atoms with Gasteiger partial charge in [0.05, 0.1) is 5.69 Å². The molecule has 4 aromatic rings. The first-order chi connectivity index (χ1) is 13.6. The van der Waals surface area contributed by atoms with Crippen molar-refractivity contribution in [2.45, 2.75) is 32.9 Å². The van der Waals surface area contributed by atoms with Gasteiger partial charge in [-0.05, 0) is 56.8 Å². The molecule has 0 saturated heterocycles. The Labute approximate surface area is 163 Å². The minimum atomic E-state index is 0.296. The maximum atomic E-state index is 5.86. The lowest BCUT2D eigenvalue weighted by Gasteiger charge is -2.05. The highest BCUT2D eigenvalue weighted by Gasteiger charge is 2.11. The molecule has 7 heteroatoms. The fourth-order valence-corrected chi connectivity index (χ4v) is 2.91. The Bertz CT molecular complexity index is 1070. The van der Waals surface area contributed by atoms with Crippen molar-refractivity contribution in [1.29, 1.82) is 0 Å². The number of benzene rings is 1. The highest BCUT2D eigenvalue weighted by molar-refractivity contribution is 5.54. The summed E-state index contributed by atoms with van der Waals surface area (Å²) < 4.78 is 13.2. The Kier molecular flexibility index (Phi) is 5.08. The number of rotatable bonds is 7. The van der Waals surface area contributed by atoms with E-state index in [2.05, 4.69) is 40.5 Å². The molecule has 3 aromatic heterocycles. The van der Waals surface area contributed by atoms with Crippen LogP contribution in [0.5, 0.6) is 5.75 Å². The van der Waals surface area contributed by atoms with E-state index >= 15 is 0 Å². The summed E-state index contributed by atoms with van der Waals surface area (Å²) in [7, 11) is 1.91. The number of ether oxygens (including phenoxy) is 1. The quantitative estimate of drug-likeness (QED) is 0.532. The van der Waals surface area contributed by atoms with Gasteiger partial charge in [0, 0.05) is 30.4 Å². The standard InChI is InChI=1S/C21H23N5O2/c1-14-4-9-20-23-17(12-26(20)11-14)13-27-18-7-5-16(6-8-18)21-24-19(25-28-21)10-15(2)22-3/h4-9,11-12,15,22H,10,13H2,1-3H3. The fourth-order valence-electron chi connectivity index (χ4n) is 2.91. The molecule has 0 aliphatic rings.